The highest BCUT2D eigenvalue weighted by molar-refractivity contribution is 9.10. The first kappa shape index (κ1) is 15.6. The lowest BCUT2D eigenvalue weighted by molar-refractivity contribution is -0.114. The topological polar surface area (TPSA) is 41.1 Å². The second-order valence-corrected chi connectivity index (χ2v) is 6.10. The molecule has 2 N–H and O–H groups in total. The first-order valence-corrected chi connectivity index (χ1v) is 7.62. The van der Waals surface area contributed by atoms with Crippen molar-refractivity contribution in [3.8, 4) is 0 Å². The molecule has 0 aliphatic heterocycles. The van der Waals surface area contributed by atoms with Crippen LogP contribution in [0.25, 0.3) is 0 Å². The maximum atomic E-state index is 12.0. The molecular formula is C17H19BrN2O. The van der Waals surface area contributed by atoms with Crippen molar-refractivity contribution in [2.75, 3.05) is 17.2 Å². The van der Waals surface area contributed by atoms with E-state index in [2.05, 4.69) is 26.6 Å². The van der Waals surface area contributed by atoms with E-state index in [0.717, 1.165) is 32.5 Å². The number of rotatable bonds is 4. The molecule has 21 heavy (non-hydrogen) atoms. The third-order valence-electron chi connectivity index (χ3n) is 3.23. The Morgan fingerprint density at radius 3 is 2.38 bits per heavy atom. The molecule has 0 saturated carbocycles. The number of amides is 1. The van der Waals surface area contributed by atoms with Crippen LogP contribution in [0.15, 0.2) is 40.9 Å². The van der Waals surface area contributed by atoms with E-state index in [1.54, 1.807) is 0 Å². The van der Waals surface area contributed by atoms with Crippen LogP contribution in [0.4, 0.5) is 11.4 Å². The molecule has 1 amide bonds. The lowest BCUT2D eigenvalue weighted by Crippen LogP contribution is -2.22. The van der Waals surface area contributed by atoms with Gasteiger partial charge in [0.2, 0.25) is 5.91 Å². The molecule has 3 nitrogen and oxygen atoms in total. The number of halogens is 1. The lowest BCUT2D eigenvalue weighted by Gasteiger charge is -2.13. The zero-order valence-electron chi connectivity index (χ0n) is 12.5. The molecule has 0 atom stereocenters. The van der Waals surface area contributed by atoms with Crippen molar-refractivity contribution >= 4 is 33.2 Å². The number of hydrogen-bond acceptors (Lipinski definition) is 2. The molecule has 2 aromatic rings. The van der Waals surface area contributed by atoms with Gasteiger partial charge in [0, 0.05) is 15.8 Å². The van der Waals surface area contributed by atoms with Gasteiger partial charge in [0.1, 0.15) is 0 Å². The minimum atomic E-state index is -0.0534. The van der Waals surface area contributed by atoms with Gasteiger partial charge in [0.25, 0.3) is 0 Å². The molecule has 4 heteroatoms. The Morgan fingerprint density at radius 2 is 1.76 bits per heavy atom. The SMILES string of the molecule is Cc1cccc(NC(=O)CNc2c(C)cc(Br)cc2C)c1. The summed E-state index contributed by atoms with van der Waals surface area (Å²) in [4.78, 5) is 12.0. The summed E-state index contributed by atoms with van der Waals surface area (Å²) < 4.78 is 1.05. The van der Waals surface area contributed by atoms with E-state index in [9.17, 15) is 4.79 Å². The molecule has 0 aliphatic carbocycles. The van der Waals surface area contributed by atoms with E-state index in [-0.39, 0.29) is 12.5 Å². The van der Waals surface area contributed by atoms with Crippen LogP contribution in [0, 0.1) is 20.8 Å². The fourth-order valence-electron chi connectivity index (χ4n) is 2.29. The molecule has 0 bridgehead atoms. The Bertz CT molecular complexity index is 645. The molecule has 0 aromatic heterocycles. The average Bonchev–Trinajstić information content (AvgIpc) is 2.37. The highest BCUT2D eigenvalue weighted by atomic mass is 79.9. The summed E-state index contributed by atoms with van der Waals surface area (Å²) in [5.41, 5.74) is 5.19. The monoisotopic (exact) mass is 346 g/mol. The van der Waals surface area contributed by atoms with Crippen LogP contribution in [0.3, 0.4) is 0 Å². The van der Waals surface area contributed by atoms with Gasteiger partial charge in [0.15, 0.2) is 0 Å². The van der Waals surface area contributed by atoms with E-state index in [1.807, 2.05) is 57.2 Å². The first-order chi connectivity index (χ1) is 9.95. The van der Waals surface area contributed by atoms with Gasteiger partial charge in [-0.3, -0.25) is 4.79 Å². The molecule has 2 aromatic carbocycles. The van der Waals surface area contributed by atoms with Gasteiger partial charge in [-0.15, -0.1) is 0 Å². The van der Waals surface area contributed by atoms with Crippen LogP contribution in [0.1, 0.15) is 16.7 Å². The zero-order chi connectivity index (χ0) is 15.4. The number of aryl methyl sites for hydroxylation is 3. The normalized spacial score (nSPS) is 10.3. The summed E-state index contributed by atoms with van der Waals surface area (Å²) in [6.45, 7) is 6.30. The van der Waals surface area contributed by atoms with Crippen LogP contribution in [-0.2, 0) is 4.79 Å². The molecule has 0 heterocycles. The molecule has 0 aliphatic rings. The number of anilines is 2. The third-order valence-corrected chi connectivity index (χ3v) is 3.68. The van der Waals surface area contributed by atoms with Gasteiger partial charge in [-0.2, -0.15) is 0 Å². The smallest absolute Gasteiger partial charge is 0.243 e. The van der Waals surface area contributed by atoms with Gasteiger partial charge in [-0.25, -0.2) is 0 Å². The summed E-state index contributed by atoms with van der Waals surface area (Å²) in [6, 6.07) is 11.8. The summed E-state index contributed by atoms with van der Waals surface area (Å²) in [7, 11) is 0. The molecule has 110 valence electrons. The van der Waals surface area contributed by atoms with Crippen molar-refractivity contribution in [2.45, 2.75) is 20.8 Å². The van der Waals surface area contributed by atoms with Gasteiger partial charge >= 0.3 is 0 Å². The highest BCUT2D eigenvalue weighted by Gasteiger charge is 2.07. The van der Waals surface area contributed by atoms with Crippen molar-refractivity contribution in [1.82, 2.24) is 0 Å². The van der Waals surface area contributed by atoms with Crippen molar-refractivity contribution in [2.24, 2.45) is 0 Å². The summed E-state index contributed by atoms with van der Waals surface area (Å²) in [6.07, 6.45) is 0. The van der Waals surface area contributed by atoms with E-state index >= 15 is 0 Å². The summed E-state index contributed by atoms with van der Waals surface area (Å²) >= 11 is 3.47. The second kappa shape index (κ2) is 6.76. The minimum absolute atomic E-state index is 0.0534. The predicted molar refractivity (Wildman–Crippen MR) is 91.9 cm³/mol. The summed E-state index contributed by atoms with van der Waals surface area (Å²) in [5.74, 6) is -0.0534. The third kappa shape index (κ3) is 4.33. The van der Waals surface area contributed by atoms with Crippen molar-refractivity contribution < 1.29 is 4.79 Å². The van der Waals surface area contributed by atoms with Crippen molar-refractivity contribution in [3.63, 3.8) is 0 Å². The molecular weight excluding hydrogens is 328 g/mol. The molecule has 0 radical (unpaired) electrons. The summed E-state index contributed by atoms with van der Waals surface area (Å²) in [5, 5.41) is 6.10. The largest absolute Gasteiger partial charge is 0.376 e. The maximum absolute atomic E-state index is 12.0. The fraction of sp³-hybridized carbons (Fsp3) is 0.235. The first-order valence-electron chi connectivity index (χ1n) is 6.83. The predicted octanol–water partition coefficient (Wildman–Crippen LogP) is 4.42. The van der Waals surface area contributed by atoms with Crippen molar-refractivity contribution in [3.05, 3.63) is 57.6 Å². The number of nitrogens with one attached hydrogen (secondary N) is 2. The minimum Gasteiger partial charge on any atom is -0.376 e. The maximum Gasteiger partial charge on any atom is 0.243 e. The standard InChI is InChI=1S/C17H19BrN2O/c1-11-5-4-6-15(7-11)20-16(21)10-19-17-12(2)8-14(18)9-13(17)3/h4-9,19H,10H2,1-3H3,(H,20,21). The number of benzene rings is 2. The molecule has 0 unspecified atom stereocenters. The van der Waals surface area contributed by atoms with Crippen LogP contribution in [-0.4, -0.2) is 12.5 Å². The van der Waals surface area contributed by atoms with Crippen LogP contribution in [0.2, 0.25) is 0 Å². The average molecular weight is 347 g/mol. The fourth-order valence-corrected chi connectivity index (χ4v) is 2.97. The van der Waals surface area contributed by atoms with E-state index in [4.69, 9.17) is 0 Å². The molecule has 2 rings (SSSR count). The Labute approximate surface area is 133 Å². The quantitative estimate of drug-likeness (QED) is 0.859. The molecule has 0 spiro atoms. The van der Waals surface area contributed by atoms with E-state index in [0.29, 0.717) is 0 Å². The van der Waals surface area contributed by atoms with Gasteiger partial charge in [0.05, 0.1) is 6.54 Å². The Hall–Kier alpha value is -1.81. The van der Waals surface area contributed by atoms with Crippen LogP contribution in [0.5, 0.6) is 0 Å². The van der Waals surface area contributed by atoms with Gasteiger partial charge < -0.3 is 10.6 Å². The Kier molecular flexibility index (Phi) is 5.02. The molecule has 0 fully saturated rings. The van der Waals surface area contributed by atoms with Gasteiger partial charge in [-0.1, -0.05) is 28.1 Å². The van der Waals surface area contributed by atoms with E-state index in [1.165, 1.54) is 0 Å². The highest BCUT2D eigenvalue weighted by Crippen LogP contribution is 2.24. The number of hydrogen-bond donors (Lipinski definition) is 2. The van der Waals surface area contributed by atoms with Gasteiger partial charge in [-0.05, 0) is 61.7 Å². The number of carbonyl (C=O) groups is 1. The Balaban J connectivity index is 1.99. The van der Waals surface area contributed by atoms with Crippen LogP contribution >= 0.6 is 15.9 Å². The lowest BCUT2D eigenvalue weighted by atomic mass is 10.1. The number of carbonyl (C=O) groups excluding carboxylic acids is 1. The van der Waals surface area contributed by atoms with E-state index < -0.39 is 0 Å². The molecule has 0 saturated heterocycles. The van der Waals surface area contributed by atoms with Crippen molar-refractivity contribution in [1.29, 1.82) is 0 Å². The second-order valence-electron chi connectivity index (χ2n) is 5.19. The van der Waals surface area contributed by atoms with Crippen LogP contribution < -0.4 is 10.6 Å². The zero-order valence-corrected chi connectivity index (χ0v) is 14.0. The Morgan fingerprint density at radius 1 is 1.10 bits per heavy atom.